The summed E-state index contributed by atoms with van der Waals surface area (Å²) in [7, 11) is 0. The van der Waals surface area contributed by atoms with Crippen LogP contribution in [0.1, 0.15) is 18.1 Å². The molecule has 0 radical (unpaired) electrons. The second-order valence-corrected chi connectivity index (χ2v) is 5.77. The van der Waals surface area contributed by atoms with Crippen molar-refractivity contribution in [3.05, 3.63) is 65.4 Å². The number of carbonyl (C=O) groups is 2. The first-order valence-electron chi connectivity index (χ1n) is 8.02. The van der Waals surface area contributed by atoms with Crippen LogP contribution in [0.3, 0.4) is 0 Å². The summed E-state index contributed by atoms with van der Waals surface area (Å²) in [6.45, 7) is 5.30. The van der Waals surface area contributed by atoms with E-state index in [2.05, 4.69) is 16.0 Å². The number of nitriles is 1. The Balaban J connectivity index is 2.07. The molecule has 6 nitrogen and oxygen atoms in total. The molecule has 26 heavy (non-hydrogen) atoms. The van der Waals surface area contributed by atoms with Crippen LogP contribution < -0.4 is 16.0 Å². The number of anilines is 3. The van der Waals surface area contributed by atoms with E-state index >= 15 is 0 Å². The van der Waals surface area contributed by atoms with Crippen molar-refractivity contribution in [2.24, 2.45) is 0 Å². The molecule has 2 aromatic rings. The van der Waals surface area contributed by atoms with Gasteiger partial charge in [-0.2, -0.15) is 5.26 Å². The fourth-order valence-electron chi connectivity index (χ4n) is 2.23. The van der Waals surface area contributed by atoms with Crippen molar-refractivity contribution in [1.82, 2.24) is 0 Å². The standard InChI is InChI=1S/C20H20N4O2/c1-13-5-4-6-19(14(13)2)24-20(26)16(11-21)12-22-17-7-9-18(10-8-17)23-15(3)25/h4-10,12,22H,1-3H3,(H,23,25)(H,24,26)/b16-12-. The number of carbonyl (C=O) groups excluding carboxylic acids is 2. The number of hydrogen-bond donors (Lipinski definition) is 3. The number of amides is 2. The van der Waals surface area contributed by atoms with Crippen LogP contribution in [0, 0.1) is 25.2 Å². The van der Waals surface area contributed by atoms with E-state index < -0.39 is 5.91 Å². The third kappa shape index (κ3) is 4.95. The quantitative estimate of drug-likeness (QED) is 0.567. The van der Waals surface area contributed by atoms with Gasteiger partial charge in [0.25, 0.3) is 5.91 Å². The van der Waals surface area contributed by atoms with Crippen LogP contribution in [0.15, 0.2) is 54.2 Å². The van der Waals surface area contributed by atoms with Crippen LogP contribution in [0.4, 0.5) is 17.1 Å². The predicted molar refractivity (Wildman–Crippen MR) is 103 cm³/mol. The maximum atomic E-state index is 12.3. The van der Waals surface area contributed by atoms with E-state index in [4.69, 9.17) is 0 Å². The molecule has 2 amide bonds. The van der Waals surface area contributed by atoms with Crippen molar-refractivity contribution in [2.75, 3.05) is 16.0 Å². The SMILES string of the molecule is CC(=O)Nc1ccc(N/C=C(/C#N)C(=O)Nc2cccc(C)c2C)cc1. The molecule has 6 heteroatoms. The highest BCUT2D eigenvalue weighted by Gasteiger charge is 2.11. The zero-order valence-electron chi connectivity index (χ0n) is 14.9. The number of benzene rings is 2. The minimum absolute atomic E-state index is 0.0446. The van der Waals surface area contributed by atoms with Crippen molar-refractivity contribution in [2.45, 2.75) is 20.8 Å². The van der Waals surface area contributed by atoms with Gasteiger partial charge in [-0.25, -0.2) is 0 Å². The Bertz CT molecular complexity index is 893. The third-order valence-corrected chi connectivity index (χ3v) is 3.81. The smallest absolute Gasteiger partial charge is 0.267 e. The summed E-state index contributed by atoms with van der Waals surface area (Å²) in [4.78, 5) is 23.3. The number of aryl methyl sites for hydroxylation is 1. The summed E-state index contributed by atoms with van der Waals surface area (Å²) in [5.41, 5.74) is 4.00. The van der Waals surface area contributed by atoms with Gasteiger partial charge in [-0.15, -0.1) is 0 Å². The maximum Gasteiger partial charge on any atom is 0.267 e. The summed E-state index contributed by atoms with van der Waals surface area (Å²) in [6, 6.07) is 14.4. The minimum atomic E-state index is -0.483. The van der Waals surface area contributed by atoms with E-state index in [0.29, 0.717) is 17.1 Å². The minimum Gasteiger partial charge on any atom is -0.360 e. The van der Waals surface area contributed by atoms with Gasteiger partial charge in [0, 0.05) is 30.2 Å². The van der Waals surface area contributed by atoms with E-state index in [1.165, 1.54) is 13.1 Å². The molecule has 0 aliphatic carbocycles. The van der Waals surface area contributed by atoms with Crippen molar-refractivity contribution in [1.29, 1.82) is 5.26 Å². The molecule has 0 atom stereocenters. The number of nitrogens with one attached hydrogen (secondary N) is 3. The van der Waals surface area contributed by atoms with E-state index in [-0.39, 0.29) is 11.5 Å². The maximum absolute atomic E-state index is 12.3. The lowest BCUT2D eigenvalue weighted by molar-refractivity contribution is -0.114. The van der Waals surface area contributed by atoms with Crippen LogP contribution in [0.5, 0.6) is 0 Å². The van der Waals surface area contributed by atoms with Crippen LogP contribution in [0.25, 0.3) is 0 Å². The Morgan fingerprint density at radius 2 is 1.65 bits per heavy atom. The number of hydrogen-bond acceptors (Lipinski definition) is 4. The summed E-state index contributed by atoms with van der Waals surface area (Å²) in [5.74, 6) is -0.635. The zero-order chi connectivity index (χ0) is 19.1. The molecule has 3 N–H and O–H groups in total. The van der Waals surface area contributed by atoms with Gasteiger partial charge in [0.05, 0.1) is 0 Å². The fraction of sp³-hybridized carbons (Fsp3) is 0.150. The number of rotatable bonds is 5. The lowest BCUT2D eigenvalue weighted by atomic mass is 10.1. The van der Waals surface area contributed by atoms with Gasteiger partial charge in [-0.1, -0.05) is 12.1 Å². The summed E-state index contributed by atoms with van der Waals surface area (Å²) in [6.07, 6.45) is 1.36. The Morgan fingerprint density at radius 3 is 2.27 bits per heavy atom. The first kappa shape index (κ1) is 18.7. The third-order valence-electron chi connectivity index (χ3n) is 3.81. The number of nitrogens with zero attached hydrogens (tertiary/aromatic N) is 1. The largest absolute Gasteiger partial charge is 0.360 e. The van der Waals surface area contributed by atoms with E-state index in [0.717, 1.165) is 11.1 Å². The Labute approximate surface area is 152 Å². The predicted octanol–water partition coefficient (Wildman–Crippen LogP) is 3.72. The molecule has 0 aromatic heterocycles. The van der Waals surface area contributed by atoms with Gasteiger partial charge in [0.1, 0.15) is 11.6 Å². The van der Waals surface area contributed by atoms with Gasteiger partial charge in [0.15, 0.2) is 0 Å². The van der Waals surface area contributed by atoms with Gasteiger partial charge in [0.2, 0.25) is 5.91 Å². The zero-order valence-corrected chi connectivity index (χ0v) is 14.9. The molecule has 0 unspecified atom stereocenters. The van der Waals surface area contributed by atoms with Crippen LogP contribution >= 0.6 is 0 Å². The molecule has 0 saturated carbocycles. The van der Waals surface area contributed by atoms with Crippen molar-refractivity contribution >= 4 is 28.9 Å². The summed E-state index contributed by atoms with van der Waals surface area (Å²) >= 11 is 0. The molecule has 0 fully saturated rings. The van der Waals surface area contributed by atoms with Crippen molar-refractivity contribution < 1.29 is 9.59 Å². The van der Waals surface area contributed by atoms with Crippen LogP contribution in [-0.2, 0) is 9.59 Å². The average Bonchev–Trinajstić information content (AvgIpc) is 2.60. The Hall–Kier alpha value is -3.59. The van der Waals surface area contributed by atoms with Crippen molar-refractivity contribution in [3.8, 4) is 6.07 Å². The highest BCUT2D eigenvalue weighted by atomic mass is 16.2. The van der Waals surface area contributed by atoms with Crippen molar-refractivity contribution in [3.63, 3.8) is 0 Å². The van der Waals surface area contributed by atoms with E-state index in [1.54, 1.807) is 30.3 Å². The molecule has 2 aromatic carbocycles. The Morgan fingerprint density at radius 1 is 1.00 bits per heavy atom. The molecular formula is C20H20N4O2. The summed E-state index contributed by atoms with van der Waals surface area (Å²) in [5, 5.41) is 17.6. The van der Waals surface area contributed by atoms with Crippen LogP contribution in [0.2, 0.25) is 0 Å². The van der Waals surface area contributed by atoms with Gasteiger partial charge in [-0.05, 0) is 55.3 Å². The van der Waals surface area contributed by atoms with E-state index in [1.807, 2.05) is 32.0 Å². The topological polar surface area (TPSA) is 94.0 Å². The summed E-state index contributed by atoms with van der Waals surface area (Å²) < 4.78 is 0. The first-order valence-corrected chi connectivity index (χ1v) is 8.02. The van der Waals surface area contributed by atoms with Gasteiger partial charge < -0.3 is 16.0 Å². The molecule has 0 spiro atoms. The average molecular weight is 348 g/mol. The second kappa shape index (κ2) is 8.49. The molecule has 0 aliphatic rings. The van der Waals surface area contributed by atoms with Gasteiger partial charge >= 0.3 is 0 Å². The normalized spacial score (nSPS) is 10.6. The fourth-order valence-corrected chi connectivity index (χ4v) is 2.23. The lowest BCUT2D eigenvalue weighted by Crippen LogP contribution is -2.15. The molecule has 2 rings (SSSR count). The molecule has 0 aliphatic heterocycles. The van der Waals surface area contributed by atoms with Gasteiger partial charge in [-0.3, -0.25) is 9.59 Å². The molecule has 0 heterocycles. The highest BCUT2D eigenvalue weighted by Crippen LogP contribution is 2.19. The van der Waals surface area contributed by atoms with E-state index in [9.17, 15) is 14.9 Å². The monoisotopic (exact) mass is 348 g/mol. The van der Waals surface area contributed by atoms with Crippen LogP contribution in [-0.4, -0.2) is 11.8 Å². The second-order valence-electron chi connectivity index (χ2n) is 5.77. The Kier molecular flexibility index (Phi) is 6.12. The molecule has 132 valence electrons. The molecular weight excluding hydrogens is 328 g/mol. The molecule has 0 bridgehead atoms. The first-order chi connectivity index (χ1) is 12.4. The highest BCUT2D eigenvalue weighted by molar-refractivity contribution is 6.07. The lowest BCUT2D eigenvalue weighted by Gasteiger charge is -2.10. The molecule has 0 saturated heterocycles.